The Hall–Kier alpha value is -1.05. The second kappa shape index (κ2) is 4.99. The highest BCUT2D eigenvalue weighted by molar-refractivity contribution is 5.28. The molecule has 1 aromatic rings. The van der Waals surface area contributed by atoms with Crippen molar-refractivity contribution >= 4 is 0 Å². The SMILES string of the molecule is CCOc1ncc(CC(C)C)cc1C. The summed E-state index contributed by atoms with van der Waals surface area (Å²) in [5.74, 6) is 1.44. The summed E-state index contributed by atoms with van der Waals surface area (Å²) in [6.07, 6.45) is 3.00. The van der Waals surface area contributed by atoms with E-state index in [1.54, 1.807) is 0 Å². The number of rotatable bonds is 4. The smallest absolute Gasteiger partial charge is 0.216 e. The second-order valence-corrected chi connectivity index (χ2v) is 4.00. The molecule has 0 aliphatic rings. The van der Waals surface area contributed by atoms with Gasteiger partial charge >= 0.3 is 0 Å². The summed E-state index contributed by atoms with van der Waals surface area (Å²) >= 11 is 0. The molecule has 2 nitrogen and oxygen atoms in total. The standard InChI is InChI=1S/C12H19NO/c1-5-14-12-10(4)7-11(8-13-12)6-9(2)3/h7-9H,5-6H2,1-4H3. The average molecular weight is 193 g/mol. The number of aryl methyl sites for hydroxylation is 1. The molecule has 0 aliphatic heterocycles. The monoisotopic (exact) mass is 193 g/mol. The van der Waals surface area contributed by atoms with Gasteiger partial charge in [0.2, 0.25) is 5.88 Å². The molecule has 0 amide bonds. The highest BCUT2D eigenvalue weighted by atomic mass is 16.5. The van der Waals surface area contributed by atoms with E-state index in [-0.39, 0.29) is 0 Å². The Morgan fingerprint density at radius 2 is 2.14 bits per heavy atom. The van der Waals surface area contributed by atoms with E-state index in [1.165, 1.54) is 5.56 Å². The largest absolute Gasteiger partial charge is 0.478 e. The van der Waals surface area contributed by atoms with Crippen LogP contribution in [-0.2, 0) is 6.42 Å². The number of ether oxygens (including phenoxy) is 1. The van der Waals surface area contributed by atoms with E-state index in [1.807, 2.05) is 20.0 Å². The fourth-order valence-electron chi connectivity index (χ4n) is 1.49. The molecule has 0 bridgehead atoms. The second-order valence-electron chi connectivity index (χ2n) is 4.00. The minimum absolute atomic E-state index is 0.675. The van der Waals surface area contributed by atoms with Crippen molar-refractivity contribution in [1.82, 2.24) is 4.98 Å². The molecule has 0 saturated heterocycles. The van der Waals surface area contributed by atoms with E-state index >= 15 is 0 Å². The van der Waals surface area contributed by atoms with Gasteiger partial charge in [0, 0.05) is 11.8 Å². The summed E-state index contributed by atoms with van der Waals surface area (Å²) < 4.78 is 5.39. The van der Waals surface area contributed by atoms with Crippen molar-refractivity contribution in [1.29, 1.82) is 0 Å². The quantitative estimate of drug-likeness (QED) is 0.733. The molecular formula is C12H19NO. The van der Waals surface area contributed by atoms with Gasteiger partial charge in [-0.25, -0.2) is 4.98 Å². The molecule has 0 atom stereocenters. The fourth-order valence-corrected chi connectivity index (χ4v) is 1.49. The van der Waals surface area contributed by atoms with Crippen LogP contribution in [0.25, 0.3) is 0 Å². The average Bonchev–Trinajstić information content (AvgIpc) is 2.09. The Morgan fingerprint density at radius 3 is 2.64 bits per heavy atom. The van der Waals surface area contributed by atoms with Gasteiger partial charge in [0.1, 0.15) is 0 Å². The Kier molecular flexibility index (Phi) is 3.93. The molecule has 1 heterocycles. The van der Waals surface area contributed by atoms with Crippen LogP contribution in [0, 0.1) is 12.8 Å². The van der Waals surface area contributed by atoms with Gasteiger partial charge in [-0.1, -0.05) is 13.8 Å². The Morgan fingerprint density at radius 1 is 1.43 bits per heavy atom. The molecule has 0 fully saturated rings. The molecule has 1 aromatic heterocycles. The highest BCUT2D eigenvalue weighted by Crippen LogP contribution is 2.17. The minimum Gasteiger partial charge on any atom is -0.478 e. The third-order valence-corrected chi connectivity index (χ3v) is 2.01. The third-order valence-electron chi connectivity index (χ3n) is 2.01. The first-order valence-corrected chi connectivity index (χ1v) is 5.21. The predicted octanol–water partition coefficient (Wildman–Crippen LogP) is 2.99. The minimum atomic E-state index is 0.675. The molecule has 14 heavy (non-hydrogen) atoms. The van der Waals surface area contributed by atoms with Crippen LogP contribution in [0.2, 0.25) is 0 Å². The van der Waals surface area contributed by atoms with Crippen LogP contribution in [0.3, 0.4) is 0 Å². The van der Waals surface area contributed by atoms with Crippen LogP contribution in [0.1, 0.15) is 31.9 Å². The van der Waals surface area contributed by atoms with Crippen molar-refractivity contribution in [3.8, 4) is 5.88 Å². The van der Waals surface area contributed by atoms with E-state index in [0.29, 0.717) is 12.5 Å². The normalized spacial score (nSPS) is 10.6. The molecule has 78 valence electrons. The Balaban J connectivity index is 2.78. The van der Waals surface area contributed by atoms with Crippen molar-refractivity contribution < 1.29 is 4.74 Å². The Bertz CT molecular complexity index is 294. The molecular weight excluding hydrogens is 174 g/mol. The first kappa shape index (κ1) is 11.0. The van der Waals surface area contributed by atoms with Crippen LogP contribution in [0.15, 0.2) is 12.3 Å². The topological polar surface area (TPSA) is 22.1 Å². The number of pyridine rings is 1. The van der Waals surface area contributed by atoms with E-state index < -0.39 is 0 Å². The van der Waals surface area contributed by atoms with Gasteiger partial charge < -0.3 is 4.74 Å². The molecule has 1 rings (SSSR count). The fraction of sp³-hybridized carbons (Fsp3) is 0.583. The maximum atomic E-state index is 5.39. The molecule has 0 N–H and O–H groups in total. The van der Waals surface area contributed by atoms with E-state index in [0.717, 1.165) is 17.9 Å². The van der Waals surface area contributed by atoms with E-state index in [2.05, 4.69) is 24.9 Å². The maximum absolute atomic E-state index is 5.39. The lowest BCUT2D eigenvalue weighted by atomic mass is 10.0. The van der Waals surface area contributed by atoms with Crippen LogP contribution in [0.4, 0.5) is 0 Å². The molecule has 0 unspecified atom stereocenters. The molecule has 2 heteroatoms. The van der Waals surface area contributed by atoms with Gasteiger partial charge in [0.05, 0.1) is 6.61 Å². The molecule has 0 saturated carbocycles. The van der Waals surface area contributed by atoms with Gasteiger partial charge in [-0.15, -0.1) is 0 Å². The summed E-state index contributed by atoms with van der Waals surface area (Å²) in [6, 6.07) is 2.16. The van der Waals surface area contributed by atoms with Crippen LogP contribution >= 0.6 is 0 Å². The zero-order chi connectivity index (χ0) is 10.6. The summed E-state index contributed by atoms with van der Waals surface area (Å²) in [6.45, 7) is 9.12. The predicted molar refractivity (Wildman–Crippen MR) is 58.7 cm³/mol. The first-order valence-electron chi connectivity index (χ1n) is 5.21. The van der Waals surface area contributed by atoms with Gasteiger partial charge in [0.25, 0.3) is 0 Å². The maximum Gasteiger partial charge on any atom is 0.216 e. The van der Waals surface area contributed by atoms with E-state index in [4.69, 9.17) is 4.74 Å². The van der Waals surface area contributed by atoms with Crippen molar-refractivity contribution in [2.45, 2.75) is 34.1 Å². The highest BCUT2D eigenvalue weighted by Gasteiger charge is 2.03. The lowest BCUT2D eigenvalue weighted by molar-refractivity contribution is 0.324. The van der Waals surface area contributed by atoms with Crippen molar-refractivity contribution in [2.24, 2.45) is 5.92 Å². The zero-order valence-corrected chi connectivity index (χ0v) is 9.50. The van der Waals surface area contributed by atoms with Gasteiger partial charge in [-0.05, 0) is 37.8 Å². The van der Waals surface area contributed by atoms with Gasteiger partial charge in [0.15, 0.2) is 0 Å². The van der Waals surface area contributed by atoms with Crippen LogP contribution in [0.5, 0.6) is 5.88 Å². The van der Waals surface area contributed by atoms with Gasteiger partial charge in [-0.2, -0.15) is 0 Å². The first-order chi connectivity index (χ1) is 6.63. The van der Waals surface area contributed by atoms with Crippen LogP contribution < -0.4 is 4.74 Å². The summed E-state index contributed by atoms with van der Waals surface area (Å²) in [5.41, 5.74) is 2.42. The van der Waals surface area contributed by atoms with Crippen molar-refractivity contribution in [2.75, 3.05) is 6.61 Å². The summed E-state index contributed by atoms with van der Waals surface area (Å²) in [5, 5.41) is 0. The molecule has 0 spiro atoms. The van der Waals surface area contributed by atoms with Crippen LogP contribution in [-0.4, -0.2) is 11.6 Å². The number of hydrogen-bond donors (Lipinski definition) is 0. The van der Waals surface area contributed by atoms with Gasteiger partial charge in [-0.3, -0.25) is 0 Å². The third kappa shape index (κ3) is 3.02. The Labute approximate surface area is 86.3 Å². The zero-order valence-electron chi connectivity index (χ0n) is 9.50. The van der Waals surface area contributed by atoms with Crippen molar-refractivity contribution in [3.05, 3.63) is 23.4 Å². The molecule has 0 aromatic carbocycles. The number of aromatic nitrogens is 1. The lowest BCUT2D eigenvalue weighted by Crippen LogP contribution is -2.00. The number of hydrogen-bond acceptors (Lipinski definition) is 2. The molecule has 0 radical (unpaired) electrons. The summed E-state index contributed by atoms with van der Waals surface area (Å²) in [7, 11) is 0. The number of nitrogens with zero attached hydrogens (tertiary/aromatic N) is 1. The lowest BCUT2D eigenvalue weighted by Gasteiger charge is -2.09. The van der Waals surface area contributed by atoms with Crippen molar-refractivity contribution in [3.63, 3.8) is 0 Å². The van der Waals surface area contributed by atoms with E-state index in [9.17, 15) is 0 Å². The summed E-state index contributed by atoms with van der Waals surface area (Å²) in [4.78, 5) is 4.30. The molecule has 0 aliphatic carbocycles.